The van der Waals surface area contributed by atoms with E-state index in [4.69, 9.17) is 9.84 Å². The Balaban J connectivity index is 1.72. The van der Waals surface area contributed by atoms with E-state index in [9.17, 15) is 22.8 Å². The van der Waals surface area contributed by atoms with Crippen molar-refractivity contribution < 1.29 is 32.6 Å². The Morgan fingerprint density at radius 3 is 2.56 bits per heavy atom. The molecule has 0 aromatic heterocycles. The van der Waals surface area contributed by atoms with Gasteiger partial charge < -0.3 is 15.2 Å². The van der Waals surface area contributed by atoms with Gasteiger partial charge in [-0.15, -0.1) is 0 Å². The Morgan fingerprint density at radius 2 is 1.93 bits per heavy atom. The number of aromatic carboxylic acids is 1. The molecule has 27 heavy (non-hydrogen) atoms. The minimum absolute atomic E-state index is 0.0121. The average Bonchev–Trinajstić information content (AvgIpc) is 3.42. The normalized spacial score (nSPS) is 18.7. The molecular weight excluding hydrogens is 363 g/mol. The third kappa shape index (κ3) is 4.05. The van der Waals surface area contributed by atoms with E-state index in [0.717, 1.165) is 12.1 Å². The average molecular weight is 379 g/mol. The number of benzene rings is 2. The van der Waals surface area contributed by atoms with Crippen molar-refractivity contribution in [1.29, 1.82) is 0 Å². The lowest BCUT2D eigenvalue weighted by Crippen LogP contribution is -2.15. The molecule has 1 aliphatic rings. The molecule has 0 heterocycles. The van der Waals surface area contributed by atoms with Crippen LogP contribution in [0.25, 0.3) is 0 Å². The number of ether oxygens (including phenoxy) is 1. The number of rotatable bonds is 5. The molecule has 8 heteroatoms. The molecule has 2 aromatic rings. The standard InChI is InChI=1S/C19H16F3NO4/c1-27-16-8-11(18(25)26)5-6-15(16)23-17(24)14-9-13(14)10-3-2-4-12(7-10)19(20,21)22/h2-8,13-14H,9H2,1H3,(H,23,24)(H,25,26). The molecule has 1 saturated carbocycles. The van der Waals surface area contributed by atoms with E-state index in [0.29, 0.717) is 17.7 Å². The molecule has 1 fully saturated rings. The predicted molar refractivity (Wildman–Crippen MR) is 90.9 cm³/mol. The fourth-order valence-corrected chi connectivity index (χ4v) is 2.95. The van der Waals surface area contributed by atoms with Gasteiger partial charge in [-0.3, -0.25) is 4.79 Å². The highest BCUT2D eigenvalue weighted by Gasteiger charge is 2.45. The van der Waals surface area contributed by atoms with Crippen molar-refractivity contribution in [2.45, 2.75) is 18.5 Å². The number of alkyl halides is 3. The van der Waals surface area contributed by atoms with Gasteiger partial charge in [-0.05, 0) is 42.2 Å². The summed E-state index contributed by atoms with van der Waals surface area (Å²) in [6.45, 7) is 0. The number of carbonyl (C=O) groups excluding carboxylic acids is 1. The van der Waals surface area contributed by atoms with Crippen LogP contribution in [0.4, 0.5) is 18.9 Å². The number of carbonyl (C=O) groups is 2. The van der Waals surface area contributed by atoms with Crippen molar-refractivity contribution in [3.63, 3.8) is 0 Å². The van der Waals surface area contributed by atoms with E-state index in [2.05, 4.69) is 5.32 Å². The summed E-state index contributed by atoms with van der Waals surface area (Å²) in [7, 11) is 1.35. The number of carboxylic acid groups (broad SMARTS) is 1. The second-order valence-electron chi connectivity index (χ2n) is 6.28. The van der Waals surface area contributed by atoms with Crippen LogP contribution in [0.2, 0.25) is 0 Å². The molecule has 5 nitrogen and oxygen atoms in total. The number of hydrogen-bond donors (Lipinski definition) is 2. The summed E-state index contributed by atoms with van der Waals surface area (Å²) in [5.41, 5.74) is 0.0513. The van der Waals surface area contributed by atoms with Crippen molar-refractivity contribution in [3.8, 4) is 5.75 Å². The summed E-state index contributed by atoms with van der Waals surface area (Å²) in [5, 5.41) is 11.6. The third-order valence-electron chi connectivity index (χ3n) is 4.48. The van der Waals surface area contributed by atoms with Crippen molar-refractivity contribution in [3.05, 3.63) is 59.2 Å². The number of halogens is 3. The van der Waals surface area contributed by atoms with E-state index in [-0.39, 0.29) is 23.1 Å². The number of anilines is 1. The van der Waals surface area contributed by atoms with Gasteiger partial charge in [0.05, 0.1) is 23.9 Å². The summed E-state index contributed by atoms with van der Waals surface area (Å²) in [6.07, 6.45) is -3.98. The van der Waals surface area contributed by atoms with Gasteiger partial charge >= 0.3 is 12.1 Å². The summed E-state index contributed by atoms with van der Waals surface area (Å²) < 4.78 is 43.6. The molecule has 2 unspecified atom stereocenters. The molecular formula is C19H16F3NO4. The minimum Gasteiger partial charge on any atom is -0.495 e. The monoisotopic (exact) mass is 379 g/mol. The Labute approximate surface area is 152 Å². The van der Waals surface area contributed by atoms with Gasteiger partial charge in [-0.2, -0.15) is 13.2 Å². The number of carboxylic acids is 1. The first-order valence-corrected chi connectivity index (χ1v) is 8.10. The highest BCUT2D eigenvalue weighted by atomic mass is 19.4. The van der Waals surface area contributed by atoms with Gasteiger partial charge in [0, 0.05) is 5.92 Å². The van der Waals surface area contributed by atoms with Crippen molar-refractivity contribution in [2.24, 2.45) is 5.92 Å². The first-order chi connectivity index (χ1) is 12.7. The highest BCUT2D eigenvalue weighted by Crippen LogP contribution is 2.49. The largest absolute Gasteiger partial charge is 0.495 e. The highest BCUT2D eigenvalue weighted by molar-refractivity contribution is 5.97. The maximum atomic E-state index is 12.8. The lowest BCUT2D eigenvalue weighted by Gasteiger charge is -2.11. The number of nitrogens with one attached hydrogen (secondary N) is 1. The molecule has 0 aliphatic heterocycles. The molecule has 0 radical (unpaired) electrons. The molecule has 0 bridgehead atoms. The fourth-order valence-electron chi connectivity index (χ4n) is 2.95. The second-order valence-corrected chi connectivity index (χ2v) is 6.28. The molecule has 3 rings (SSSR count). The zero-order chi connectivity index (χ0) is 19.8. The van der Waals surface area contributed by atoms with Gasteiger partial charge in [-0.1, -0.05) is 18.2 Å². The van der Waals surface area contributed by atoms with Crippen LogP contribution in [0.1, 0.15) is 33.8 Å². The SMILES string of the molecule is COc1cc(C(=O)O)ccc1NC(=O)C1CC1c1cccc(C(F)(F)F)c1. The lowest BCUT2D eigenvalue weighted by atomic mass is 10.1. The zero-order valence-corrected chi connectivity index (χ0v) is 14.2. The van der Waals surface area contributed by atoms with Gasteiger partial charge in [0.15, 0.2) is 0 Å². The van der Waals surface area contributed by atoms with Crippen LogP contribution in [-0.4, -0.2) is 24.1 Å². The van der Waals surface area contributed by atoms with Crippen LogP contribution in [-0.2, 0) is 11.0 Å². The maximum absolute atomic E-state index is 12.8. The van der Waals surface area contributed by atoms with Crippen LogP contribution in [0.3, 0.4) is 0 Å². The minimum atomic E-state index is -4.43. The molecule has 0 saturated heterocycles. The lowest BCUT2D eigenvalue weighted by molar-refractivity contribution is -0.137. The summed E-state index contributed by atoms with van der Waals surface area (Å²) >= 11 is 0. The molecule has 2 aromatic carbocycles. The van der Waals surface area contributed by atoms with E-state index in [1.165, 1.54) is 31.4 Å². The van der Waals surface area contributed by atoms with Gasteiger partial charge in [-0.25, -0.2) is 4.79 Å². The molecule has 142 valence electrons. The molecule has 2 N–H and O–H groups in total. The summed E-state index contributed by atoms with van der Waals surface area (Å²) in [5.74, 6) is -2.01. The summed E-state index contributed by atoms with van der Waals surface area (Å²) in [4.78, 5) is 23.4. The van der Waals surface area contributed by atoms with Crippen LogP contribution >= 0.6 is 0 Å². The first-order valence-electron chi connectivity index (χ1n) is 8.10. The summed E-state index contributed by atoms with van der Waals surface area (Å²) in [6, 6.07) is 9.01. The molecule has 1 aliphatic carbocycles. The van der Waals surface area contributed by atoms with Gasteiger partial charge in [0.25, 0.3) is 0 Å². The third-order valence-corrected chi connectivity index (χ3v) is 4.48. The second kappa shape index (κ2) is 6.94. The number of methoxy groups -OCH3 is 1. The Bertz CT molecular complexity index is 895. The Morgan fingerprint density at radius 1 is 1.19 bits per heavy atom. The smallest absolute Gasteiger partial charge is 0.416 e. The predicted octanol–water partition coefficient (Wildman–Crippen LogP) is 4.15. The van der Waals surface area contributed by atoms with Crippen LogP contribution in [0.5, 0.6) is 5.75 Å². The first kappa shape index (κ1) is 18.8. The number of amides is 1. The topological polar surface area (TPSA) is 75.6 Å². The van der Waals surface area contributed by atoms with E-state index >= 15 is 0 Å². The molecule has 1 amide bonds. The van der Waals surface area contributed by atoms with E-state index < -0.39 is 23.6 Å². The maximum Gasteiger partial charge on any atom is 0.416 e. The van der Waals surface area contributed by atoms with E-state index in [1.807, 2.05) is 0 Å². The van der Waals surface area contributed by atoms with Crippen molar-refractivity contribution >= 4 is 17.6 Å². The van der Waals surface area contributed by atoms with Gasteiger partial charge in [0.2, 0.25) is 5.91 Å². The van der Waals surface area contributed by atoms with Crippen LogP contribution in [0.15, 0.2) is 42.5 Å². The van der Waals surface area contributed by atoms with Gasteiger partial charge in [0.1, 0.15) is 5.75 Å². The Hall–Kier alpha value is -3.03. The van der Waals surface area contributed by atoms with Crippen LogP contribution < -0.4 is 10.1 Å². The van der Waals surface area contributed by atoms with Crippen molar-refractivity contribution in [1.82, 2.24) is 0 Å². The van der Waals surface area contributed by atoms with Crippen LogP contribution in [0, 0.1) is 5.92 Å². The molecule has 0 spiro atoms. The number of hydrogen-bond acceptors (Lipinski definition) is 3. The fraction of sp³-hybridized carbons (Fsp3) is 0.263. The zero-order valence-electron chi connectivity index (χ0n) is 14.2. The molecule has 2 atom stereocenters. The van der Waals surface area contributed by atoms with Crippen molar-refractivity contribution in [2.75, 3.05) is 12.4 Å². The quantitative estimate of drug-likeness (QED) is 0.818. The van der Waals surface area contributed by atoms with E-state index in [1.54, 1.807) is 6.07 Å². The Kier molecular flexibility index (Phi) is 4.82.